The molecule has 0 spiro atoms. The van der Waals surface area contributed by atoms with E-state index in [0.717, 1.165) is 22.4 Å². The Bertz CT molecular complexity index is 1430. The maximum atomic E-state index is 13.6. The molecular weight excluding hydrogens is 433 g/mol. The summed E-state index contributed by atoms with van der Waals surface area (Å²) in [5, 5.41) is 6.72. The average molecular weight is 455 g/mol. The summed E-state index contributed by atoms with van der Waals surface area (Å²) in [7, 11) is 0. The molecule has 0 radical (unpaired) electrons. The van der Waals surface area contributed by atoms with Crippen LogP contribution in [0.5, 0.6) is 0 Å². The summed E-state index contributed by atoms with van der Waals surface area (Å²) >= 11 is 0. The third-order valence-corrected chi connectivity index (χ3v) is 6.09. The predicted molar refractivity (Wildman–Crippen MR) is 128 cm³/mol. The largest absolute Gasteiger partial charge is 0.356 e. The van der Waals surface area contributed by atoms with Gasteiger partial charge in [0.1, 0.15) is 5.82 Å². The number of hydrogen-bond donors (Lipinski definition) is 1. The van der Waals surface area contributed by atoms with Crippen LogP contribution in [0.1, 0.15) is 37.4 Å². The van der Waals surface area contributed by atoms with Crippen LogP contribution in [0.3, 0.4) is 0 Å². The minimum Gasteiger partial charge on any atom is -0.356 e. The summed E-state index contributed by atoms with van der Waals surface area (Å²) in [6.07, 6.45) is 2.32. The van der Waals surface area contributed by atoms with E-state index in [1.807, 2.05) is 31.2 Å². The molecule has 4 aromatic rings. The lowest BCUT2D eigenvalue weighted by Crippen LogP contribution is -2.33. The molecule has 1 aliphatic rings. The number of nitrogens with zero attached hydrogens (tertiary/aromatic N) is 2. The second-order valence-electron chi connectivity index (χ2n) is 8.35. The molecule has 170 valence electrons. The molecule has 6 nitrogen and oxygen atoms in total. The first-order valence-corrected chi connectivity index (χ1v) is 11.0. The van der Waals surface area contributed by atoms with Crippen LogP contribution in [0.15, 0.2) is 71.4 Å². The Morgan fingerprint density at radius 3 is 2.65 bits per heavy atom. The Morgan fingerprint density at radius 2 is 1.82 bits per heavy atom. The maximum Gasteiger partial charge on any atom is 0.258 e. The van der Waals surface area contributed by atoms with E-state index in [1.54, 1.807) is 42.3 Å². The molecule has 0 saturated carbocycles. The quantitative estimate of drug-likeness (QED) is 0.439. The van der Waals surface area contributed by atoms with Crippen LogP contribution in [0.2, 0.25) is 0 Å². The Kier molecular flexibility index (Phi) is 5.45. The number of aromatic nitrogens is 1. The fraction of sp³-hybridized carbons (Fsp3) is 0.148. The second-order valence-corrected chi connectivity index (χ2v) is 8.35. The van der Waals surface area contributed by atoms with Gasteiger partial charge in [-0.15, -0.1) is 0 Å². The van der Waals surface area contributed by atoms with Crippen molar-refractivity contribution in [2.45, 2.75) is 20.3 Å². The third-order valence-electron chi connectivity index (χ3n) is 6.09. The monoisotopic (exact) mass is 455 g/mol. The van der Waals surface area contributed by atoms with Gasteiger partial charge in [0.15, 0.2) is 5.76 Å². The standard InChI is InChI=1S/C27H22FN3O3/c1-16-7-8-19(28)14-23(16)26(32)30-20-9-10-21(17(2)13-20)27(33)31-12-11-18-15-29-34-25(18)22-5-3-4-6-24(22)31/h3-10,13-15H,11-12H2,1-2H3,(H,30,32). The van der Waals surface area contributed by atoms with E-state index in [0.29, 0.717) is 35.5 Å². The first-order chi connectivity index (χ1) is 16.4. The number of carbonyl (C=O) groups excluding carboxylic acids is 2. The van der Waals surface area contributed by atoms with Crippen molar-refractivity contribution in [3.8, 4) is 11.3 Å². The SMILES string of the molecule is Cc1ccc(F)cc1C(=O)Nc1ccc(C(=O)N2CCc3cnoc3-c3ccccc32)c(C)c1. The van der Waals surface area contributed by atoms with Crippen LogP contribution in [-0.2, 0) is 6.42 Å². The van der Waals surface area contributed by atoms with Gasteiger partial charge in [0, 0.05) is 34.5 Å². The van der Waals surface area contributed by atoms with Gasteiger partial charge in [-0.05, 0) is 73.9 Å². The highest BCUT2D eigenvalue weighted by Crippen LogP contribution is 2.37. The van der Waals surface area contributed by atoms with Crippen molar-refractivity contribution in [2.75, 3.05) is 16.8 Å². The Hall–Kier alpha value is -4.26. The zero-order valence-corrected chi connectivity index (χ0v) is 18.8. The number of rotatable bonds is 3. The molecule has 3 aromatic carbocycles. The summed E-state index contributed by atoms with van der Waals surface area (Å²) in [5.74, 6) is -0.322. The van der Waals surface area contributed by atoms with Gasteiger partial charge in [0.25, 0.3) is 11.8 Å². The maximum absolute atomic E-state index is 13.6. The van der Waals surface area contributed by atoms with Gasteiger partial charge in [-0.3, -0.25) is 9.59 Å². The minimum atomic E-state index is -0.470. The minimum absolute atomic E-state index is 0.137. The molecule has 5 rings (SSSR count). The second kappa shape index (κ2) is 8.59. The van der Waals surface area contributed by atoms with Crippen molar-refractivity contribution in [2.24, 2.45) is 0 Å². The summed E-state index contributed by atoms with van der Waals surface area (Å²) in [6.45, 7) is 4.07. The van der Waals surface area contributed by atoms with Crippen LogP contribution in [0.25, 0.3) is 11.3 Å². The molecule has 2 heterocycles. The molecule has 0 bridgehead atoms. The highest BCUT2D eigenvalue weighted by atomic mass is 19.1. The third kappa shape index (κ3) is 3.85. The molecule has 0 fully saturated rings. The number of carbonyl (C=O) groups is 2. The van der Waals surface area contributed by atoms with Gasteiger partial charge in [-0.25, -0.2) is 4.39 Å². The van der Waals surface area contributed by atoms with Gasteiger partial charge in [-0.1, -0.05) is 23.4 Å². The molecule has 2 amide bonds. The van der Waals surface area contributed by atoms with Crippen molar-refractivity contribution in [1.82, 2.24) is 5.16 Å². The molecule has 1 N–H and O–H groups in total. The summed E-state index contributed by atoms with van der Waals surface area (Å²) in [5.41, 5.74) is 5.29. The van der Waals surface area contributed by atoms with Gasteiger partial charge in [0.2, 0.25) is 0 Å². The lowest BCUT2D eigenvalue weighted by atomic mass is 10.0. The molecule has 0 aliphatic carbocycles. The van der Waals surface area contributed by atoms with Gasteiger partial charge >= 0.3 is 0 Å². The van der Waals surface area contributed by atoms with Gasteiger partial charge in [-0.2, -0.15) is 0 Å². The highest BCUT2D eigenvalue weighted by Gasteiger charge is 2.28. The zero-order valence-electron chi connectivity index (χ0n) is 18.8. The van der Waals surface area contributed by atoms with E-state index < -0.39 is 11.7 Å². The fourth-order valence-electron chi connectivity index (χ4n) is 4.29. The number of fused-ring (bicyclic) bond motifs is 3. The van der Waals surface area contributed by atoms with E-state index in [2.05, 4.69) is 10.5 Å². The van der Waals surface area contributed by atoms with Crippen molar-refractivity contribution >= 4 is 23.2 Å². The first kappa shape index (κ1) is 21.6. The predicted octanol–water partition coefficient (Wildman–Crippen LogP) is 5.55. The van der Waals surface area contributed by atoms with Crippen LogP contribution >= 0.6 is 0 Å². The van der Waals surface area contributed by atoms with E-state index in [4.69, 9.17) is 4.52 Å². The molecule has 0 atom stereocenters. The number of benzene rings is 3. The number of halogens is 1. The number of para-hydroxylation sites is 1. The molecule has 7 heteroatoms. The molecule has 0 unspecified atom stereocenters. The van der Waals surface area contributed by atoms with Crippen LogP contribution in [-0.4, -0.2) is 23.5 Å². The number of nitrogens with one attached hydrogen (secondary N) is 1. The van der Waals surface area contributed by atoms with Crippen LogP contribution in [0, 0.1) is 19.7 Å². The lowest BCUT2D eigenvalue weighted by molar-refractivity contribution is 0.0985. The number of amides is 2. The smallest absolute Gasteiger partial charge is 0.258 e. The summed E-state index contributed by atoms with van der Waals surface area (Å²) in [6, 6.07) is 16.9. The molecule has 34 heavy (non-hydrogen) atoms. The Morgan fingerprint density at radius 1 is 1.00 bits per heavy atom. The molecule has 1 aromatic heterocycles. The van der Waals surface area contributed by atoms with E-state index in [1.165, 1.54) is 12.1 Å². The van der Waals surface area contributed by atoms with Crippen molar-refractivity contribution in [3.05, 3.63) is 100 Å². The fourth-order valence-corrected chi connectivity index (χ4v) is 4.29. The molecule has 1 aliphatic heterocycles. The zero-order chi connectivity index (χ0) is 23.8. The normalized spacial score (nSPS) is 12.5. The Balaban J connectivity index is 1.42. The van der Waals surface area contributed by atoms with Gasteiger partial charge in [0.05, 0.1) is 11.9 Å². The lowest BCUT2D eigenvalue weighted by Gasteiger charge is -2.24. The highest BCUT2D eigenvalue weighted by molar-refractivity contribution is 6.10. The molecule has 0 saturated heterocycles. The van der Waals surface area contributed by atoms with E-state index in [-0.39, 0.29) is 11.5 Å². The number of aryl methyl sites for hydroxylation is 2. The number of hydrogen-bond acceptors (Lipinski definition) is 4. The number of anilines is 2. The summed E-state index contributed by atoms with van der Waals surface area (Å²) < 4.78 is 19.1. The van der Waals surface area contributed by atoms with Crippen molar-refractivity contribution < 1.29 is 18.5 Å². The van der Waals surface area contributed by atoms with Crippen molar-refractivity contribution in [3.63, 3.8) is 0 Å². The first-order valence-electron chi connectivity index (χ1n) is 11.0. The van der Waals surface area contributed by atoms with Crippen LogP contribution in [0.4, 0.5) is 15.8 Å². The van der Waals surface area contributed by atoms with E-state index >= 15 is 0 Å². The molecular formula is C27H22FN3O3. The average Bonchev–Trinajstić information content (AvgIpc) is 3.23. The van der Waals surface area contributed by atoms with Gasteiger partial charge < -0.3 is 14.7 Å². The van der Waals surface area contributed by atoms with Crippen molar-refractivity contribution in [1.29, 1.82) is 0 Å². The van der Waals surface area contributed by atoms with Crippen LogP contribution < -0.4 is 10.2 Å². The summed E-state index contributed by atoms with van der Waals surface area (Å²) in [4.78, 5) is 28.0. The Labute approximate surface area is 196 Å². The topological polar surface area (TPSA) is 75.4 Å². The van der Waals surface area contributed by atoms with E-state index in [9.17, 15) is 14.0 Å².